The number of rotatable bonds is 76. The van der Waals surface area contributed by atoms with Gasteiger partial charge in [-0.15, -0.1) is 0 Å². The van der Waals surface area contributed by atoms with Crippen LogP contribution in [0.1, 0.15) is 402 Å². The number of aliphatic hydroxyl groups excluding tert-OH is 1. The first-order valence-electron chi connectivity index (χ1n) is 40.7. The lowest BCUT2D eigenvalue weighted by atomic mass is 10.0. The average Bonchev–Trinajstić information content (AvgIpc) is 1.10. The first-order valence-corrected chi connectivity index (χ1v) is 43.7. The van der Waals surface area contributed by atoms with Gasteiger partial charge in [0, 0.05) is 25.7 Å². The number of phosphoric acid groups is 2. The van der Waals surface area contributed by atoms with Crippen molar-refractivity contribution in [3.63, 3.8) is 0 Å². The Kier molecular flexibility index (Phi) is 66.8. The topological polar surface area (TPSA) is 237 Å². The number of hydrogen-bond donors (Lipinski definition) is 3. The zero-order valence-electron chi connectivity index (χ0n) is 64.4. The summed E-state index contributed by atoms with van der Waals surface area (Å²) >= 11 is 0. The third-order valence-electron chi connectivity index (χ3n) is 18.3. The molecule has 0 bridgehead atoms. The van der Waals surface area contributed by atoms with Gasteiger partial charge >= 0.3 is 39.5 Å². The molecule has 19 heteroatoms. The van der Waals surface area contributed by atoms with Gasteiger partial charge in [0.1, 0.15) is 19.3 Å². The molecule has 17 nitrogen and oxygen atoms in total. The number of ether oxygens (including phenoxy) is 4. The van der Waals surface area contributed by atoms with Crippen molar-refractivity contribution in [3.05, 3.63) is 0 Å². The summed E-state index contributed by atoms with van der Waals surface area (Å²) in [5.74, 6) is 0.919. The molecule has 0 aliphatic rings. The second-order valence-electron chi connectivity index (χ2n) is 30.4. The number of carbonyl (C=O) groups excluding carboxylic acids is 4. The van der Waals surface area contributed by atoms with E-state index < -0.39 is 97.5 Å². The molecular weight excluding hydrogens is 1280 g/mol. The Labute approximate surface area is 600 Å². The maximum absolute atomic E-state index is 13.1. The molecule has 98 heavy (non-hydrogen) atoms. The standard InChI is InChI=1S/C79H154O17P2/c1-69(2)55-47-39-31-24-20-16-12-9-10-14-19-23-27-36-45-53-61-78(83)95-74(65-89-76(81)59-51-43-35-26-22-18-15-11-13-17-21-25-32-40-48-56-70(3)4)67-93-97(85,86)91-63-73(80)64-92-98(87,88)94-68-75(66-90-77(82)60-52-44-38-30-34-42-50-58-72(7)8)96-79(84)62-54-46-37-29-28-33-41-49-57-71(5)6/h69-75,80H,9-68H2,1-8H3,(H,85,86)(H,87,88)/t73?,74-,75-/m1/s1. The largest absolute Gasteiger partial charge is 0.472 e. The highest BCUT2D eigenvalue weighted by Crippen LogP contribution is 2.45. The molecule has 582 valence electrons. The van der Waals surface area contributed by atoms with Crippen molar-refractivity contribution in [2.24, 2.45) is 23.7 Å². The van der Waals surface area contributed by atoms with Crippen molar-refractivity contribution in [2.75, 3.05) is 39.6 Å². The lowest BCUT2D eigenvalue weighted by Gasteiger charge is -2.21. The van der Waals surface area contributed by atoms with Crippen LogP contribution in [0.3, 0.4) is 0 Å². The van der Waals surface area contributed by atoms with Crippen LogP contribution in [0.25, 0.3) is 0 Å². The van der Waals surface area contributed by atoms with Gasteiger partial charge in [-0.1, -0.05) is 351 Å². The number of esters is 4. The van der Waals surface area contributed by atoms with Gasteiger partial charge in [-0.2, -0.15) is 0 Å². The summed E-state index contributed by atoms with van der Waals surface area (Å²) in [5, 5.41) is 10.6. The zero-order chi connectivity index (χ0) is 72.4. The van der Waals surface area contributed by atoms with E-state index >= 15 is 0 Å². The molecule has 3 unspecified atom stereocenters. The smallest absolute Gasteiger partial charge is 0.462 e. The van der Waals surface area contributed by atoms with E-state index in [1.165, 1.54) is 199 Å². The van der Waals surface area contributed by atoms with E-state index in [2.05, 4.69) is 55.4 Å². The highest BCUT2D eigenvalue weighted by molar-refractivity contribution is 7.47. The van der Waals surface area contributed by atoms with Crippen molar-refractivity contribution < 1.29 is 80.2 Å². The van der Waals surface area contributed by atoms with Gasteiger partial charge < -0.3 is 33.8 Å². The molecule has 0 fully saturated rings. The van der Waals surface area contributed by atoms with Crippen LogP contribution < -0.4 is 0 Å². The Bertz CT molecular complexity index is 1920. The minimum absolute atomic E-state index is 0.103. The number of aliphatic hydroxyl groups is 1. The maximum atomic E-state index is 13.1. The predicted molar refractivity (Wildman–Crippen MR) is 400 cm³/mol. The van der Waals surface area contributed by atoms with Gasteiger partial charge in [0.2, 0.25) is 0 Å². The van der Waals surface area contributed by atoms with Crippen LogP contribution in [0, 0.1) is 23.7 Å². The van der Waals surface area contributed by atoms with E-state index in [4.69, 9.17) is 37.0 Å². The second kappa shape index (κ2) is 68.2. The predicted octanol–water partition coefficient (Wildman–Crippen LogP) is 23.2. The van der Waals surface area contributed by atoms with Crippen molar-refractivity contribution in [1.29, 1.82) is 0 Å². The Morgan fingerprint density at radius 1 is 0.255 bits per heavy atom. The van der Waals surface area contributed by atoms with E-state index in [1.807, 2.05) is 0 Å². The van der Waals surface area contributed by atoms with Crippen molar-refractivity contribution >= 4 is 39.5 Å². The summed E-state index contributed by atoms with van der Waals surface area (Å²) in [7, 11) is -9.92. The van der Waals surface area contributed by atoms with Gasteiger partial charge in [0.05, 0.1) is 26.4 Å². The summed E-state index contributed by atoms with van der Waals surface area (Å²) < 4.78 is 68.6. The van der Waals surface area contributed by atoms with Crippen LogP contribution in [-0.4, -0.2) is 96.7 Å². The molecule has 0 rings (SSSR count). The Balaban J connectivity index is 5.22. The molecular formula is C79H154O17P2. The van der Waals surface area contributed by atoms with Gasteiger partial charge in [0.25, 0.3) is 0 Å². The molecule has 0 aromatic rings. The van der Waals surface area contributed by atoms with Crippen LogP contribution in [0.15, 0.2) is 0 Å². The minimum Gasteiger partial charge on any atom is -0.462 e. The fraction of sp³-hybridized carbons (Fsp3) is 0.949. The minimum atomic E-state index is -4.96. The molecule has 0 radical (unpaired) electrons. The Hall–Kier alpha value is -1.94. The van der Waals surface area contributed by atoms with E-state index in [0.717, 1.165) is 114 Å². The molecule has 5 atom stereocenters. The van der Waals surface area contributed by atoms with Crippen LogP contribution in [0.5, 0.6) is 0 Å². The summed E-state index contributed by atoms with van der Waals surface area (Å²) in [6.45, 7) is 14.2. The van der Waals surface area contributed by atoms with Crippen LogP contribution in [0.4, 0.5) is 0 Å². The lowest BCUT2D eigenvalue weighted by Crippen LogP contribution is -2.30. The fourth-order valence-corrected chi connectivity index (χ4v) is 13.7. The van der Waals surface area contributed by atoms with Gasteiger partial charge in [-0.05, 0) is 49.4 Å². The van der Waals surface area contributed by atoms with Crippen LogP contribution in [-0.2, 0) is 65.4 Å². The van der Waals surface area contributed by atoms with Crippen molar-refractivity contribution in [3.8, 4) is 0 Å². The normalized spacial score (nSPS) is 14.1. The van der Waals surface area contributed by atoms with E-state index in [0.29, 0.717) is 31.6 Å². The number of unbranched alkanes of at least 4 members (excludes halogenated alkanes) is 42. The summed E-state index contributed by atoms with van der Waals surface area (Å²) in [5.41, 5.74) is 0. The summed E-state index contributed by atoms with van der Waals surface area (Å²) in [6.07, 6.45) is 54.3. The third-order valence-corrected chi connectivity index (χ3v) is 20.2. The number of carbonyl (C=O) groups is 4. The SMILES string of the molecule is CC(C)CCCCCCCCCCCCCCCCCCC(=O)O[C@H](COC(=O)CCCCCCCCCCCCCCCCCC(C)C)COP(=O)(O)OCC(O)COP(=O)(O)OC[C@@H](COC(=O)CCCCCCCCCC(C)C)OC(=O)CCCCCCCCCCC(C)C. The van der Waals surface area contributed by atoms with Crippen molar-refractivity contribution in [2.45, 2.75) is 420 Å². The first kappa shape index (κ1) is 96.1. The first-order chi connectivity index (χ1) is 47.1. The van der Waals surface area contributed by atoms with E-state index in [-0.39, 0.29) is 25.7 Å². The molecule has 0 aromatic heterocycles. The maximum Gasteiger partial charge on any atom is 0.472 e. The quantitative estimate of drug-likeness (QED) is 0.0222. The van der Waals surface area contributed by atoms with Gasteiger partial charge in [-0.3, -0.25) is 37.3 Å². The monoisotopic (exact) mass is 1440 g/mol. The Morgan fingerprint density at radius 3 is 0.633 bits per heavy atom. The van der Waals surface area contributed by atoms with Crippen LogP contribution >= 0.6 is 15.6 Å². The molecule has 0 amide bonds. The molecule has 3 N–H and O–H groups in total. The average molecular weight is 1440 g/mol. The molecule has 0 aromatic carbocycles. The van der Waals surface area contributed by atoms with Crippen molar-refractivity contribution in [1.82, 2.24) is 0 Å². The Morgan fingerprint density at radius 2 is 0.429 bits per heavy atom. The van der Waals surface area contributed by atoms with Gasteiger partial charge in [0.15, 0.2) is 12.2 Å². The van der Waals surface area contributed by atoms with E-state index in [1.54, 1.807) is 0 Å². The molecule has 0 saturated carbocycles. The molecule has 0 aliphatic heterocycles. The third kappa shape index (κ3) is 72.4. The highest BCUT2D eigenvalue weighted by Gasteiger charge is 2.30. The number of phosphoric ester groups is 2. The molecule has 0 heterocycles. The number of hydrogen-bond acceptors (Lipinski definition) is 15. The molecule has 0 spiro atoms. The highest BCUT2D eigenvalue weighted by atomic mass is 31.2. The van der Waals surface area contributed by atoms with Crippen LogP contribution in [0.2, 0.25) is 0 Å². The lowest BCUT2D eigenvalue weighted by molar-refractivity contribution is -0.161. The van der Waals surface area contributed by atoms with E-state index in [9.17, 15) is 43.2 Å². The molecule has 0 saturated heterocycles. The van der Waals surface area contributed by atoms with Gasteiger partial charge in [-0.25, -0.2) is 9.13 Å². The zero-order valence-corrected chi connectivity index (χ0v) is 66.2. The second-order valence-corrected chi connectivity index (χ2v) is 33.3. The fourth-order valence-electron chi connectivity index (χ4n) is 12.1. The molecule has 0 aliphatic carbocycles. The summed E-state index contributed by atoms with van der Waals surface area (Å²) in [6, 6.07) is 0. The summed E-state index contributed by atoms with van der Waals surface area (Å²) in [4.78, 5) is 72.9.